The third-order valence-corrected chi connectivity index (χ3v) is 6.11. The van der Waals surface area contributed by atoms with Crippen LogP contribution in [-0.4, -0.2) is 80.8 Å². The van der Waals surface area contributed by atoms with Crippen LogP contribution >= 0.6 is 0 Å². The number of carbonyl (C=O) groups is 1. The van der Waals surface area contributed by atoms with Crippen molar-refractivity contribution in [2.45, 2.75) is 18.0 Å². The first-order valence-electron chi connectivity index (χ1n) is 9.56. The van der Waals surface area contributed by atoms with E-state index in [0.29, 0.717) is 36.8 Å². The highest BCUT2D eigenvalue weighted by Crippen LogP contribution is 2.32. The number of nitrogens with zero attached hydrogens (tertiary/aromatic N) is 3. The van der Waals surface area contributed by atoms with E-state index in [0.717, 1.165) is 13.1 Å². The Morgan fingerprint density at radius 1 is 1.27 bits per heavy atom. The van der Waals surface area contributed by atoms with Gasteiger partial charge in [0.25, 0.3) is 5.91 Å². The van der Waals surface area contributed by atoms with Gasteiger partial charge in [0.2, 0.25) is 5.88 Å². The average Bonchev–Trinajstić information content (AvgIpc) is 3.02. The summed E-state index contributed by atoms with van der Waals surface area (Å²) in [5.74, 6) is -1.85. The number of ether oxygens (including phenoxy) is 1. The Morgan fingerprint density at radius 2 is 1.97 bits per heavy atom. The van der Waals surface area contributed by atoms with E-state index in [4.69, 9.17) is 4.74 Å². The molecule has 1 aliphatic heterocycles. The number of morpholine rings is 1. The van der Waals surface area contributed by atoms with Crippen molar-refractivity contribution in [2.75, 3.05) is 46.2 Å². The van der Waals surface area contributed by atoms with E-state index in [-0.39, 0.29) is 18.0 Å². The summed E-state index contributed by atoms with van der Waals surface area (Å²) in [4.78, 5) is 16.7. The van der Waals surface area contributed by atoms with Gasteiger partial charge >= 0.3 is 0 Å². The molecule has 1 aliphatic rings. The van der Waals surface area contributed by atoms with Crippen LogP contribution in [0.1, 0.15) is 15.9 Å². The molecule has 8 nitrogen and oxygen atoms in total. The van der Waals surface area contributed by atoms with Crippen LogP contribution in [0.3, 0.4) is 0 Å². The van der Waals surface area contributed by atoms with Crippen molar-refractivity contribution in [3.63, 3.8) is 0 Å². The number of aromatic hydroxyl groups is 2. The fourth-order valence-electron chi connectivity index (χ4n) is 3.40. The third-order valence-electron chi connectivity index (χ3n) is 5.11. The van der Waals surface area contributed by atoms with Gasteiger partial charge in [-0.2, -0.15) is 0 Å². The first kappa shape index (κ1) is 22.3. The van der Waals surface area contributed by atoms with Crippen LogP contribution < -0.4 is 0 Å². The highest BCUT2D eigenvalue weighted by atomic mass is 32.2. The lowest BCUT2D eigenvalue weighted by atomic mass is 10.2. The van der Waals surface area contributed by atoms with Crippen molar-refractivity contribution in [3.8, 4) is 11.6 Å². The topological polar surface area (TPSA) is 95.2 Å². The zero-order valence-corrected chi connectivity index (χ0v) is 17.8. The second-order valence-electron chi connectivity index (χ2n) is 7.23. The zero-order chi connectivity index (χ0) is 21.8. The minimum atomic E-state index is -1.42. The van der Waals surface area contributed by atoms with Crippen LogP contribution in [-0.2, 0) is 28.6 Å². The number of carbonyl (C=O) groups excluding carboxylic acids is 1. The van der Waals surface area contributed by atoms with Crippen molar-refractivity contribution in [1.82, 2.24) is 14.4 Å². The molecular weight excluding hydrogens is 413 g/mol. The molecule has 1 atom stereocenters. The van der Waals surface area contributed by atoms with Gasteiger partial charge in [-0.15, -0.1) is 0 Å². The van der Waals surface area contributed by atoms with Crippen LogP contribution in [0.2, 0.25) is 0 Å². The Labute approximate surface area is 176 Å². The number of rotatable bonds is 7. The maximum absolute atomic E-state index is 13.5. The summed E-state index contributed by atoms with van der Waals surface area (Å²) in [6.07, 6.45) is 2.87. The monoisotopic (exact) mass is 439 g/mol. The van der Waals surface area contributed by atoms with Gasteiger partial charge in [-0.25, -0.2) is 4.39 Å². The van der Waals surface area contributed by atoms with E-state index < -0.39 is 28.3 Å². The molecule has 10 heteroatoms. The summed E-state index contributed by atoms with van der Waals surface area (Å²) < 4.78 is 32.1. The zero-order valence-electron chi connectivity index (χ0n) is 17.0. The van der Waals surface area contributed by atoms with Crippen LogP contribution in [0, 0.1) is 5.82 Å². The molecule has 0 aliphatic carbocycles. The van der Waals surface area contributed by atoms with Gasteiger partial charge in [0, 0.05) is 57.1 Å². The number of halogens is 1. The van der Waals surface area contributed by atoms with Crippen molar-refractivity contribution in [2.24, 2.45) is 0 Å². The van der Waals surface area contributed by atoms with E-state index in [1.54, 1.807) is 0 Å². The Hall–Kier alpha value is -2.43. The summed E-state index contributed by atoms with van der Waals surface area (Å²) in [6.45, 7) is 4.04. The second kappa shape index (κ2) is 9.59. The normalized spacial score (nSPS) is 15.8. The van der Waals surface area contributed by atoms with Gasteiger partial charge in [-0.3, -0.25) is 13.9 Å². The standard InChI is InChI=1S/C20H26FN3O5S/c1-22(12-14-3-4-15(21)11-17(14)30(2)28)19(26)16-13-24(20(27)18(16)25)6-5-23-7-9-29-10-8-23/h3-4,11,13,25,27H,5-10,12H2,1-2H3. The molecule has 1 fully saturated rings. The molecule has 2 heterocycles. The molecule has 3 rings (SSSR count). The first-order chi connectivity index (χ1) is 14.3. The van der Waals surface area contributed by atoms with Crippen molar-refractivity contribution >= 4 is 16.7 Å². The Kier molecular flexibility index (Phi) is 7.11. The lowest BCUT2D eigenvalue weighted by molar-refractivity contribution is 0.0361. The molecular formula is C20H26FN3O5S. The number of hydrogen-bond acceptors (Lipinski definition) is 6. The average molecular weight is 440 g/mol. The summed E-state index contributed by atoms with van der Waals surface area (Å²) >= 11 is 0. The van der Waals surface area contributed by atoms with Gasteiger partial charge in [0.15, 0.2) is 5.75 Å². The minimum Gasteiger partial charge on any atom is -0.503 e. The van der Waals surface area contributed by atoms with E-state index in [1.807, 2.05) is 0 Å². The van der Waals surface area contributed by atoms with Crippen LogP contribution in [0.25, 0.3) is 0 Å². The summed E-state index contributed by atoms with van der Waals surface area (Å²) in [6, 6.07) is 3.92. The molecule has 1 saturated heterocycles. The smallest absolute Gasteiger partial charge is 0.259 e. The fraction of sp³-hybridized carbons (Fsp3) is 0.450. The van der Waals surface area contributed by atoms with E-state index in [2.05, 4.69) is 4.90 Å². The van der Waals surface area contributed by atoms with Crippen LogP contribution in [0.15, 0.2) is 29.3 Å². The molecule has 0 radical (unpaired) electrons. The third kappa shape index (κ3) is 5.00. The van der Waals surface area contributed by atoms with Gasteiger partial charge in [0.05, 0.1) is 24.0 Å². The van der Waals surface area contributed by atoms with Crippen molar-refractivity contribution in [1.29, 1.82) is 0 Å². The largest absolute Gasteiger partial charge is 0.503 e. The fourth-order valence-corrected chi connectivity index (χ4v) is 4.18. The molecule has 0 bridgehead atoms. The van der Waals surface area contributed by atoms with E-state index in [1.165, 1.54) is 47.2 Å². The molecule has 1 amide bonds. The van der Waals surface area contributed by atoms with Gasteiger partial charge in [-0.05, 0) is 17.7 Å². The maximum atomic E-state index is 13.5. The quantitative estimate of drug-likeness (QED) is 0.677. The maximum Gasteiger partial charge on any atom is 0.259 e. The van der Waals surface area contributed by atoms with Gasteiger partial charge in [0.1, 0.15) is 11.4 Å². The lowest BCUT2D eigenvalue weighted by Gasteiger charge is -2.26. The van der Waals surface area contributed by atoms with E-state index >= 15 is 0 Å². The second-order valence-corrected chi connectivity index (χ2v) is 8.58. The summed E-state index contributed by atoms with van der Waals surface area (Å²) in [7, 11) is 0.104. The van der Waals surface area contributed by atoms with Gasteiger partial charge in [-0.1, -0.05) is 6.07 Å². The summed E-state index contributed by atoms with van der Waals surface area (Å²) in [5.41, 5.74) is 0.516. The Morgan fingerprint density at radius 3 is 2.63 bits per heavy atom. The molecule has 1 unspecified atom stereocenters. The minimum absolute atomic E-state index is 0.0294. The molecule has 2 aromatic rings. The highest BCUT2D eigenvalue weighted by molar-refractivity contribution is 7.84. The molecule has 164 valence electrons. The molecule has 0 saturated carbocycles. The molecule has 1 aromatic carbocycles. The summed E-state index contributed by atoms with van der Waals surface area (Å²) in [5, 5.41) is 20.5. The number of amides is 1. The molecule has 1 aromatic heterocycles. The van der Waals surface area contributed by atoms with E-state index in [9.17, 15) is 23.6 Å². The lowest BCUT2D eigenvalue weighted by Crippen LogP contribution is -2.38. The predicted molar refractivity (Wildman–Crippen MR) is 110 cm³/mol. The van der Waals surface area contributed by atoms with Crippen molar-refractivity contribution < 1.29 is 28.3 Å². The van der Waals surface area contributed by atoms with Crippen LogP contribution in [0.5, 0.6) is 11.6 Å². The van der Waals surface area contributed by atoms with Crippen LogP contribution in [0.4, 0.5) is 4.39 Å². The first-order valence-corrected chi connectivity index (χ1v) is 11.1. The predicted octanol–water partition coefficient (Wildman–Crippen LogP) is 1.38. The number of benzene rings is 1. The molecule has 2 N–H and O–H groups in total. The van der Waals surface area contributed by atoms with Gasteiger partial charge < -0.3 is 24.4 Å². The number of aromatic nitrogens is 1. The Balaban J connectivity index is 1.72. The Bertz CT molecular complexity index is 943. The number of hydrogen-bond donors (Lipinski definition) is 2. The molecule has 30 heavy (non-hydrogen) atoms. The highest BCUT2D eigenvalue weighted by Gasteiger charge is 2.24. The molecule has 0 spiro atoms. The SMILES string of the molecule is CN(Cc1ccc(F)cc1S(C)=O)C(=O)c1cn(CCN2CCOCC2)c(O)c1O. The van der Waals surface area contributed by atoms with Crippen molar-refractivity contribution in [3.05, 3.63) is 41.3 Å².